The van der Waals surface area contributed by atoms with Gasteiger partial charge in [0, 0.05) is 24.1 Å². The summed E-state index contributed by atoms with van der Waals surface area (Å²) >= 11 is 0. The molecular formula is C24H33ClN2O3. The van der Waals surface area contributed by atoms with Crippen LogP contribution in [0.15, 0.2) is 30.3 Å². The van der Waals surface area contributed by atoms with Crippen molar-refractivity contribution in [2.24, 2.45) is 0 Å². The van der Waals surface area contributed by atoms with Crippen LogP contribution in [-0.2, 0) is 11.3 Å². The molecule has 2 atom stereocenters. The number of nitrogens with one attached hydrogen (secondary N) is 1. The van der Waals surface area contributed by atoms with Crippen molar-refractivity contribution in [2.45, 2.75) is 46.2 Å². The number of likely N-dealkylation sites (tertiary alicyclic amines) is 1. The predicted octanol–water partition coefficient (Wildman–Crippen LogP) is 1.38. The number of hydrogen-bond acceptors (Lipinski definition) is 3. The van der Waals surface area contributed by atoms with Crippen molar-refractivity contribution >= 4 is 11.6 Å². The van der Waals surface area contributed by atoms with Gasteiger partial charge in [0.15, 0.2) is 17.5 Å². The fourth-order valence-electron chi connectivity index (χ4n) is 4.70. The molecule has 1 heterocycles. The van der Waals surface area contributed by atoms with Gasteiger partial charge in [-0.2, -0.15) is 0 Å². The van der Waals surface area contributed by atoms with E-state index in [2.05, 4.69) is 51.3 Å². The highest BCUT2D eigenvalue weighted by Crippen LogP contribution is 2.33. The zero-order valence-corrected chi connectivity index (χ0v) is 19.6. The molecule has 0 bridgehead atoms. The number of methoxy groups -OCH3 is 2. The van der Waals surface area contributed by atoms with Crippen molar-refractivity contribution in [2.75, 3.05) is 33.1 Å². The first kappa shape index (κ1) is 24.0. The summed E-state index contributed by atoms with van der Waals surface area (Å²) in [6.45, 7) is 7.96. The second-order valence-electron chi connectivity index (χ2n) is 8.47. The molecule has 1 amide bonds. The maximum absolute atomic E-state index is 13.3. The van der Waals surface area contributed by atoms with Gasteiger partial charge in [-0.15, -0.1) is 0 Å². The van der Waals surface area contributed by atoms with E-state index in [-0.39, 0.29) is 24.4 Å². The number of carbonyl (C=O) groups is 1. The molecule has 0 radical (unpaired) electrons. The van der Waals surface area contributed by atoms with E-state index in [9.17, 15) is 4.79 Å². The standard InChI is InChI=1S/C24H32N2O3.ClH/c1-16-12-17(2)23(18(3)13-16)25-24(27)20-8-7-11-26(20,4)15-19-9-10-21(28-5)22(14-19)29-6;/h9-10,12-14,20H,7-8,11,15H2,1-6H3;1H. The summed E-state index contributed by atoms with van der Waals surface area (Å²) in [6.07, 6.45) is 1.95. The summed E-state index contributed by atoms with van der Waals surface area (Å²) in [5.74, 6) is 1.56. The van der Waals surface area contributed by atoms with Crippen LogP contribution in [0.5, 0.6) is 11.5 Å². The maximum atomic E-state index is 13.3. The van der Waals surface area contributed by atoms with Crippen molar-refractivity contribution in [1.82, 2.24) is 0 Å². The van der Waals surface area contributed by atoms with E-state index in [1.54, 1.807) is 14.2 Å². The number of likely N-dealkylation sites (N-methyl/N-ethyl adjacent to an activating group) is 1. The zero-order chi connectivity index (χ0) is 21.2. The molecule has 0 spiro atoms. The van der Waals surface area contributed by atoms with Gasteiger partial charge in [0.05, 0.1) is 27.8 Å². The Morgan fingerprint density at radius 1 is 1.07 bits per heavy atom. The Morgan fingerprint density at radius 3 is 2.30 bits per heavy atom. The van der Waals surface area contributed by atoms with E-state index in [4.69, 9.17) is 9.47 Å². The SMILES string of the molecule is COc1ccc(C[N+]2(C)CCCC2C(=O)Nc2c(C)cc(C)cc2C)cc1OC.[Cl-]. The van der Waals surface area contributed by atoms with Gasteiger partial charge in [-0.3, -0.25) is 4.79 Å². The number of nitrogens with zero attached hydrogens (tertiary/aromatic N) is 1. The minimum absolute atomic E-state index is 0. The molecule has 2 aromatic carbocycles. The predicted molar refractivity (Wildman–Crippen MR) is 117 cm³/mol. The Balaban J connectivity index is 0.00000320. The van der Waals surface area contributed by atoms with E-state index < -0.39 is 0 Å². The molecule has 6 heteroatoms. The van der Waals surface area contributed by atoms with E-state index in [1.165, 1.54) is 5.56 Å². The molecule has 3 rings (SSSR count). The van der Waals surface area contributed by atoms with Crippen molar-refractivity contribution in [3.63, 3.8) is 0 Å². The first-order valence-corrected chi connectivity index (χ1v) is 10.2. The number of ether oxygens (including phenoxy) is 2. The smallest absolute Gasteiger partial charge is 0.282 e. The molecule has 2 unspecified atom stereocenters. The van der Waals surface area contributed by atoms with Gasteiger partial charge in [-0.25, -0.2) is 0 Å². The van der Waals surface area contributed by atoms with Crippen LogP contribution in [0.2, 0.25) is 0 Å². The van der Waals surface area contributed by atoms with Crippen LogP contribution in [0, 0.1) is 20.8 Å². The molecule has 1 saturated heterocycles. The van der Waals surface area contributed by atoms with Gasteiger partial charge < -0.3 is 31.7 Å². The lowest BCUT2D eigenvalue weighted by Gasteiger charge is -2.35. The van der Waals surface area contributed by atoms with Crippen molar-refractivity contribution in [3.8, 4) is 11.5 Å². The van der Waals surface area contributed by atoms with Gasteiger partial charge in [-0.1, -0.05) is 17.7 Å². The highest BCUT2D eigenvalue weighted by molar-refractivity contribution is 5.95. The second kappa shape index (κ2) is 9.71. The lowest BCUT2D eigenvalue weighted by atomic mass is 10.0. The Morgan fingerprint density at radius 2 is 1.70 bits per heavy atom. The molecule has 1 aliphatic heterocycles. The fraction of sp³-hybridized carbons (Fsp3) is 0.458. The molecule has 164 valence electrons. The highest BCUT2D eigenvalue weighted by Gasteiger charge is 2.43. The molecule has 30 heavy (non-hydrogen) atoms. The van der Waals surface area contributed by atoms with E-state index in [1.807, 2.05) is 12.1 Å². The number of anilines is 1. The lowest BCUT2D eigenvalue weighted by molar-refractivity contribution is -0.925. The average Bonchev–Trinajstić information content (AvgIpc) is 3.05. The quantitative estimate of drug-likeness (QED) is 0.701. The van der Waals surface area contributed by atoms with Crippen molar-refractivity contribution < 1.29 is 31.2 Å². The van der Waals surface area contributed by atoms with Crippen LogP contribution < -0.4 is 27.2 Å². The third kappa shape index (κ3) is 4.90. The third-order valence-corrected chi connectivity index (χ3v) is 6.12. The van der Waals surface area contributed by atoms with Crippen LogP contribution in [0.3, 0.4) is 0 Å². The Kier molecular flexibility index (Phi) is 7.78. The van der Waals surface area contributed by atoms with E-state index in [0.717, 1.165) is 59.8 Å². The molecule has 1 N–H and O–H groups in total. The first-order valence-electron chi connectivity index (χ1n) is 10.2. The molecule has 5 nitrogen and oxygen atoms in total. The van der Waals surface area contributed by atoms with Crippen molar-refractivity contribution in [3.05, 3.63) is 52.6 Å². The zero-order valence-electron chi connectivity index (χ0n) is 18.8. The van der Waals surface area contributed by atoms with Crippen LogP contribution in [-0.4, -0.2) is 44.2 Å². The molecule has 0 aliphatic carbocycles. The summed E-state index contributed by atoms with van der Waals surface area (Å²) in [5.41, 5.74) is 5.54. The van der Waals surface area contributed by atoms with Crippen molar-refractivity contribution in [1.29, 1.82) is 0 Å². The number of benzene rings is 2. The molecule has 2 aromatic rings. The van der Waals surface area contributed by atoms with Gasteiger partial charge in [0.1, 0.15) is 6.54 Å². The molecule has 1 aliphatic rings. The number of quaternary nitrogens is 1. The average molecular weight is 433 g/mol. The molecular weight excluding hydrogens is 400 g/mol. The minimum atomic E-state index is -0.0665. The molecule has 0 saturated carbocycles. The van der Waals surface area contributed by atoms with Gasteiger partial charge in [0.25, 0.3) is 5.91 Å². The number of rotatable bonds is 6. The third-order valence-electron chi connectivity index (χ3n) is 6.12. The Labute approximate surface area is 186 Å². The largest absolute Gasteiger partial charge is 1.00 e. The van der Waals surface area contributed by atoms with Crippen LogP contribution in [0.4, 0.5) is 5.69 Å². The molecule has 0 aromatic heterocycles. The summed E-state index contributed by atoms with van der Waals surface area (Å²) in [7, 11) is 5.47. The molecule has 1 fully saturated rings. The summed E-state index contributed by atoms with van der Waals surface area (Å²) in [4.78, 5) is 13.3. The number of aryl methyl sites for hydroxylation is 3. The Hall–Kier alpha value is -2.24. The summed E-state index contributed by atoms with van der Waals surface area (Å²) in [6, 6.07) is 10.2. The van der Waals surface area contributed by atoms with Crippen LogP contribution in [0.1, 0.15) is 35.1 Å². The normalized spacial score (nSPS) is 20.4. The van der Waals surface area contributed by atoms with Gasteiger partial charge >= 0.3 is 0 Å². The van der Waals surface area contributed by atoms with Gasteiger partial charge in [0.2, 0.25) is 0 Å². The topological polar surface area (TPSA) is 47.6 Å². The Bertz CT molecular complexity index is 892. The monoisotopic (exact) mass is 432 g/mol. The highest BCUT2D eigenvalue weighted by atomic mass is 35.5. The fourth-order valence-corrected chi connectivity index (χ4v) is 4.70. The minimum Gasteiger partial charge on any atom is -1.00 e. The van der Waals surface area contributed by atoms with Crippen LogP contribution >= 0.6 is 0 Å². The van der Waals surface area contributed by atoms with Crippen LogP contribution in [0.25, 0.3) is 0 Å². The number of halogens is 1. The second-order valence-corrected chi connectivity index (χ2v) is 8.47. The first-order chi connectivity index (χ1) is 13.8. The number of hydrogen-bond donors (Lipinski definition) is 1. The number of amides is 1. The van der Waals surface area contributed by atoms with E-state index >= 15 is 0 Å². The summed E-state index contributed by atoms with van der Waals surface area (Å²) in [5, 5.41) is 3.23. The number of carbonyl (C=O) groups excluding carboxylic acids is 1. The van der Waals surface area contributed by atoms with E-state index in [0.29, 0.717) is 4.48 Å². The summed E-state index contributed by atoms with van der Waals surface area (Å²) < 4.78 is 11.5. The van der Waals surface area contributed by atoms with Gasteiger partial charge in [-0.05, 0) is 50.1 Å². The lowest BCUT2D eigenvalue weighted by Crippen LogP contribution is -3.00. The maximum Gasteiger partial charge on any atom is 0.282 e.